The molecule has 20 heteroatoms. The standard InChI is InChI=1S/C4H5BCl2IO2P.C4H7BIO4P.C4H5BIO3P/c6-3(9)1-2(4(7)10)5(8)11;6-5(11)2(4(9)10)1-3(7)8;6-5(10)2-1-3(7)9-4(2)8/h2H,1,11H2;2H,1,11H2,(H,7,8)(H,9,10);2H,1,10H2. The summed E-state index contributed by atoms with van der Waals surface area (Å²) in [5.74, 6) is -4.51. The number of rotatable bonds is 9. The SMILES string of the molecule is O=C(Cl)CC(B(P)I)C(=O)Cl.O=C(O)CC(B(P)I)C(=O)O.O=C1CC(B(P)I)C(=O)O1. The summed E-state index contributed by atoms with van der Waals surface area (Å²) in [5.41, 5.74) is 0. The lowest BCUT2D eigenvalue weighted by molar-refractivity contribution is -0.152. The van der Waals surface area contributed by atoms with Crippen LogP contribution in [0, 0.1) is 0 Å². The van der Waals surface area contributed by atoms with Gasteiger partial charge in [-0.15, -0.1) is 67.1 Å². The number of cyclic esters (lactones) is 2. The molecule has 0 amide bonds. The van der Waals surface area contributed by atoms with Crippen molar-refractivity contribution in [3.8, 4) is 0 Å². The monoisotopic (exact) mass is 882 g/mol. The summed E-state index contributed by atoms with van der Waals surface area (Å²) in [4.78, 5) is 62.9. The number of carboxylic acids is 2. The summed E-state index contributed by atoms with van der Waals surface area (Å²) in [6.07, 6.45) is -0.0939. The van der Waals surface area contributed by atoms with Crippen LogP contribution in [-0.2, 0) is 33.5 Å². The summed E-state index contributed by atoms with van der Waals surface area (Å²) in [5, 5.41) is 15.8. The summed E-state index contributed by atoms with van der Waals surface area (Å²) < 4.78 is 4.13. The molecule has 0 aromatic rings. The van der Waals surface area contributed by atoms with Crippen LogP contribution in [0.5, 0.6) is 0 Å². The molecule has 6 unspecified atom stereocenters. The molecule has 9 nitrogen and oxygen atoms in total. The van der Waals surface area contributed by atoms with Crippen molar-refractivity contribution in [1.82, 2.24) is 0 Å². The minimum atomic E-state index is -1.08. The van der Waals surface area contributed by atoms with E-state index in [0.717, 1.165) is 0 Å². The average molecular weight is 882 g/mol. The van der Waals surface area contributed by atoms with Gasteiger partial charge in [0.2, 0.25) is 10.5 Å². The normalized spacial score (nSPS) is 16.2. The minimum absolute atomic E-state index is 0.000988. The predicted molar refractivity (Wildman–Crippen MR) is 162 cm³/mol. The van der Waals surface area contributed by atoms with Crippen LogP contribution in [0.15, 0.2) is 0 Å². The molecule has 0 aliphatic carbocycles. The van der Waals surface area contributed by atoms with Crippen molar-refractivity contribution in [1.29, 1.82) is 0 Å². The zero-order chi connectivity index (χ0) is 25.8. The van der Waals surface area contributed by atoms with Gasteiger partial charge >= 0.3 is 23.9 Å². The topological polar surface area (TPSA) is 152 Å². The maximum Gasteiger partial charge on any atom is 0.313 e. The Hall–Kier alpha value is 1.67. The molecule has 1 fully saturated rings. The average Bonchev–Trinajstić information content (AvgIpc) is 2.96. The van der Waals surface area contributed by atoms with Crippen molar-refractivity contribution in [3.63, 3.8) is 0 Å². The number of halogens is 5. The molecule has 1 heterocycles. The van der Waals surface area contributed by atoms with Gasteiger partial charge in [0.1, 0.15) is 0 Å². The molecule has 32 heavy (non-hydrogen) atoms. The number of esters is 2. The number of ether oxygens (including phenoxy) is 1. The third-order valence-electron chi connectivity index (χ3n) is 3.44. The number of hydrogen-bond donors (Lipinski definition) is 2. The van der Waals surface area contributed by atoms with E-state index in [0.29, 0.717) is 0 Å². The van der Waals surface area contributed by atoms with Crippen molar-refractivity contribution in [2.45, 2.75) is 36.7 Å². The first-order valence-electron chi connectivity index (χ1n) is 8.26. The van der Waals surface area contributed by atoms with Gasteiger partial charge in [-0.25, -0.2) is 0 Å². The van der Waals surface area contributed by atoms with Crippen molar-refractivity contribution in [3.05, 3.63) is 0 Å². The molecular weight excluding hydrogens is 865 g/mol. The predicted octanol–water partition coefficient (Wildman–Crippen LogP) is 3.42. The molecule has 0 spiro atoms. The molecule has 1 aliphatic rings. The zero-order valence-electron chi connectivity index (χ0n) is 16.0. The van der Waals surface area contributed by atoms with Crippen molar-refractivity contribution in [2.75, 3.05) is 0 Å². The first-order chi connectivity index (χ1) is 14.5. The molecule has 0 bridgehead atoms. The number of aliphatic carboxylic acids is 2. The maximum absolute atomic E-state index is 10.8. The van der Waals surface area contributed by atoms with Crippen LogP contribution in [0.3, 0.4) is 0 Å². The van der Waals surface area contributed by atoms with Crippen LogP contribution in [0.1, 0.15) is 19.3 Å². The number of hydrogen-bond acceptors (Lipinski definition) is 7. The lowest BCUT2D eigenvalue weighted by Crippen LogP contribution is -2.19. The van der Waals surface area contributed by atoms with Gasteiger partial charge in [0.15, 0.2) is 0 Å². The van der Waals surface area contributed by atoms with E-state index in [-0.39, 0.29) is 43.9 Å². The molecule has 0 saturated carbocycles. The Kier molecular flexibility index (Phi) is 21.1. The van der Waals surface area contributed by atoms with E-state index in [9.17, 15) is 28.8 Å². The third kappa shape index (κ3) is 17.2. The van der Waals surface area contributed by atoms with Gasteiger partial charge in [-0.3, -0.25) is 28.8 Å². The summed E-state index contributed by atoms with van der Waals surface area (Å²) in [6, 6.07) is 0. The highest BCUT2D eigenvalue weighted by atomic mass is 127. The Labute approximate surface area is 242 Å². The van der Waals surface area contributed by atoms with Gasteiger partial charge in [0.25, 0.3) is 12.9 Å². The van der Waals surface area contributed by atoms with Gasteiger partial charge in [0.05, 0.1) is 24.5 Å². The summed E-state index contributed by atoms with van der Waals surface area (Å²) in [6.45, 7) is 0. The second-order valence-electron chi connectivity index (χ2n) is 5.95. The molecule has 178 valence electrons. The molecular formula is C12H17B3Cl2I3O9P3. The van der Waals surface area contributed by atoms with Crippen LogP contribution >= 0.6 is 118 Å². The first kappa shape index (κ1) is 35.8. The van der Waals surface area contributed by atoms with Crippen LogP contribution < -0.4 is 0 Å². The second kappa shape index (κ2) is 18.9. The van der Waals surface area contributed by atoms with Gasteiger partial charge in [-0.2, -0.15) is 27.4 Å². The first-order valence-corrected chi connectivity index (χ1v) is 14.8. The van der Waals surface area contributed by atoms with Gasteiger partial charge in [0, 0.05) is 12.2 Å². The van der Waals surface area contributed by atoms with Gasteiger partial charge in [-0.05, 0) is 23.2 Å². The second-order valence-corrected chi connectivity index (χ2v) is 17.3. The van der Waals surface area contributed by atoms with Gasteiger partial charge in [-0.1, -0.05) is 0 Å². The molecule has 0 aromatic carbocycles. The van der Waals surface area contributed by atoms with Crippen LogP contribution in [0.25, 0.3) is 0 Å². The van der Waals surface area contributed by atoms with Gasteiger partial charge < -0.3 is 14.9 Å². The van der Waals surface area contributed by atoms with Crippen molar-refractivity contribution in [2.24, 2.45) is 0 Å². The zero-order valence-corrected chi connectivity index (χ0v) is 27.4. The molecule has 0 radical (unpaired) electrons. The summed E-state index contributed by atoms with van der Waals surface area (Å²) >= 11 is 16.3. The van der Waals surface area contributed by atoms with Crippen LogP contribution in [0.2, 0.25) is 17.5 Å². The molecule has 1 saturated heterocycles. The van der Waals surface area contributed by atoms with E-state index >= 15 is 0 Å². The Morgan fingerprint density at radius 1 is 1.00 bits per heavy atom. The van der Waals surface area contributed by atoms with E-state index in [1.54, 1.807) is 0 Å². The highest BCUT2D eigenvalue weighted by Gasteiger charge is 2.38. The van der Waals surface area contributed by atoms with Crippen LogP contribution in [-0.4, -0.2) is 57.4 Å². The minimum Gasteiger partial charge on any atom is -0.481 e. The molecule has 0 aromatic heterocycles. The lowest BCUT2D eigenvalue weighted by atomic mass is 9.83. The molecule has 1 rings (SSSR count). The molecule has 1 aliphatic heterocycles. The van der Waals surface area contributed by atoms with E-state index in [4.69, 9.17) is 33.4 Å². The summed E-state index contributed by atoms with van der Waals surface area (Å²) in [7, 11) is 7.15. The Balaban J connectivity index is 0. The number of carboxylic acid groups (broad SMARTS) is 2. The molecule has 6 atom stereocenters. The van der Waals surface area contributed by atoms with Crippen LogP contribution in [0.4, 0.5) is 0 Å². The Morgan fingerprint density at radius 2 is 1.47 bits per heavy atom. The maximum atomic E-state index is 10.8. The smallest absolute Gasteiger partial charge is 0.313 e. The largest absolute Gasteiger partial charge is 0.481 e. The lowest BCUT2D eigenvalue weighted by Gasteiger charge is -2.08. The van der Waals surface area contributed by atoms with E-state index < -0.39 is 40.0 Å². The highest BCUT2D eigenvalue weighted by molar-refractivity contribution is 14.1. The Morgan fingerprint density at radius 3 is 1.59 bits per heavy atom. The highest BCUT2D eigenvalue weighted by Crippen LogP contribution is 2.31. The fraction of sp³-hybridized carbons (Fsp3) is 0.500. The quantitative estimate of drug-likeness (QED) is 0.0887. The Bertz CT molecular complexity index is 684. The third-order valence-corrected chi connectivity index (χ3v) is 7.87. The van der Waals surface area contributed by atoms with E-state index in [2.05, 4.69) is 54.5 Å². The van der Waals surface area contributed by atoms with Crippen molar-refractivity contribution >= 4 is 165 Å². The van der Waals surface area contributed by atoms with E-state index in [1.807, 2.05) is 44.7 Å². The fourth-order valence-corrected chi connectivity index (χ4v) is 5.06. The van der Waals surface area contributed by atoms with E-state index in [1.165, 1.54) is 0 Å². The number of carbonyl (C=O) groups is 6. The van der Waals surface area contributed by atoms with Crippen molar-refractivity contribution < 1.29 is 43.7 Å². The fourth-order valence-electron chi connectivity index (χ4n) is 1.75. The number of carbonyl (C=O) groups excluding carboxylic acids is 4. The molecule has 2 N–H and O–H groups in total.